The van der Waals surface area contributed by atoms with E-state index in [9.17, 15) is 22.9 Å². The Kier molecular flexibility index (Phi) is 5.02. The number of fused-ring (bicyclic) bond motifs is 1. The molecule has 1 aliphatic rings. The lowest BCUT2D eigenvalue weighted by Gasteiger charge is -2.30. The molecular weight excluding hydrogens is 411 g/mol. The molecule has 1 aliphatic heterocycles. The van der Waals surface area contributed by atoms with Gasteiger partial charge in [-0.25, -0.2) is 4.68 Å². The number of amides is 1. The monoisotopic (exact) mass is 425 g/mol. The highest BCUT2D eigenvalue weighted by molar-refractivity contribution is 6.07. The third-order valence-electron chi connectivity index (χ3n) is 4.74. The number of anilines is 1. The van der Waals surface area contributed by atoms with Crippen LogP contribution in [0.1, 0.15) is 39.0 Å². The molecule has 3 heterocycles. The van der Waals surface area contributed by atoms with Crippen LogP contribution in [0.3, 0.4) is 0 Å². The molecule has 3 aromatic rings. The standard InChI is InChI=1S/C21H14F3N5O2/c1-13-10-14(8-9-25-13)2-3-15-11-26-29-18(27-31)12-28(20(30)19(15)29)17-6-4-16(5-7-17)21(22,23)24/h4-11,18H,12H2,1H3/t18-/m1/s1. The number of hydrogen-bond acceptors (Lipinski definition) is 5. The number of hydrogen-bond donors (Lipinski definition) is 0. The van der Waals surface area contributed by atoms with Crippen molar-refractivity contribution in [2.45, 2.75) is 19.3 Å². The van der Waals surface area contributed by atoms with E-state index in [-0.39, 0.29) is 23.5 Å². The van der Waals surface area contributed by atoms with Gasteiger partial charge < -0.3 is 4.90 Å². The summed E-state index contributed by atoms with van der Waals surface area (Å²) in [6.45, 7) is 1.66. The number of pyridine rings is 1. The summed E-state index contributed by atoms with van der Waals surface area (Å²) in [6.07, 6.45) is -2.56. The SMILES string of the molecule is Cc1cc(C#Cc2cnn3c2C(=O)N(c2ccc(C(F)(F)F)cc2)C[C@@H]3N=O)ccn1. The second-order valence-corrected chi connectivity index (χ2v) is 6.83. The molecule has 1 aromatic carbocycles. The zero-order valence-corrected chi connectivity index (χ0v) is 16.1. The van der Waals surface area contributed by atoms with Gasteiger partial charge in [0.1, 0.15) is 5.69 Å². The lowest BCUT2D eigenvalue weighted by Crippen LogP contribution is -2.43. The molecule has 4 rings (SSSR count). The first-order chi connectivity index (χ1) is 14.8. The first-order valence-corrected chi connectivity index (χ1v) is 9.11. The molecule has 0 saturated heterocycles. The predicted molar refractivity (Wildman–Crippen MR) is 105 cm³/mol. The number of rotatable bonds is 2. The van der Waals surface area contributed by atoms with Crippen molar-refractivity contribution in [1.29, 1.82) is 0 Å². The average molecular weight is 425 g/mol. The van der Waals surface area contributed by atoms with Gasteiger partial charge >= 0.3 is 6.18 Å². The van der Waals surface area contributed by atoms with Crippen molar-refractivity contribution in [3.63, 3.8) is 0 Å². The number of aryl methyl sites for hydroxylation is 1. The Morgan fingerprint density at radius 1 is 1.16 bits per heavy atom. The number of alkyl halides is 3. The van der Waals surface area contributed by atoms with Crippen LogP contribution in [-0.4, -0.2) is 27.2 Å². The second-order valence-electron chi connectivity index (χ2n) is 6.83. The Hall–Kier alpha value is -4.00. The maximum absolute atomic E-state index is 13.1. The second kappa shape index (κ2) is 7.68. The van der Waals surface area contributed by atoms with Crippen LogP contribution in [0.5, 0.6) is 0 Å². The normalized spacial score (nSPS) is 15.8. The lowest BCUT2D eigenvalue weighted by atomic mass is 10.1. The Morgan fingerprint density at radius 3 is 2.55 bits per heavy atom. The van der Waals surface area contributed by atoms with Gasteiger partial charge in [0.2, 0.25) is 6.17 Å². The smallest absolute Gasteiger partial charge is 0.303 e. The Balaban J connectivity index is 1.71. The van der Waals surface area contributed by atoms with Crippen LogP contribution >= 0.6 is 0 Å². The largest absolute Gasteiger partial charge is 0.416 e. The van der Waals surface area contributed by atoms with Gasteiger partial charge in [-0.05, 0) is 48.5 Å². The van der Waals surface area contributed by atoms with E-state index < -0.39 is 23.8 Å². The van der Waals surface area contributed by atoms with Crippen molar-refractivity contribution < 1.29 is 18.0 Å². The molecule has 31 heavy (non-hydrogen) atoms. The van der Waals surface area contributed by atoms with Gasteiger partial charge in [0, 0.05) is 23.1 Å². The molecule has 2 aromatic heterocycles. The topological polar surface area (TPSA) is 80.5 Å². The van der Waals surface area contributed by atoms with Gasteiger partial charge in [0.05, 0.1) is 23.9 Å². The zero-order chi connectivity index (χ0) is 22.2. The minimum Gasteiger partial charge on any atom is -0.303 e. The molecule has 0 fully saturated rings. The van der Waals surface area contributed by atoms with Gasteiger partial charge in [-0.2, -0.15) is 18.3 Å². The van der Waals surface area contributed by atoms with Crippen LogP contribution in [0.2, 0.25) is 0 Å². The number of nitroso groups, excluding NO2 is 1. The molecule has 10 heteroatoms. The first-order valence-electron chi connectivity index (χ1n) is 9.11. The van der Waals surface area contributed by atoms with E-state index in [1.165, 1.54) is 27.9 Å². The molecule has 0 saturated carbocycles. The Bertz CT molecular complexity index is 1220. The van der Waals surface area contributed by atoms with E-state index in [2.05, 4.69) is 27.1 Å². The highest BCUT2D eigenvalue weighted by atomic mass is 19.4. The van der Waals surface area contributed by atoms with Gasteiger partial charge in [0.25, 0.3) is 5.91 Å². The molecule has 1 atom stereocenters. The van der Waals surface area contributed by atoms with E-state index in [4.69, 9.17) is 0 Å². The van der Waals surface area contributed by atoms with Crippen molar-refractivity contribution in [3.05, 3.63) is 81.8 Å². The van der Waals surface area contributed by atoms with Crippen molar-refractivity contribution >= 4 is 11.6 Å². The van der Waals surface area contributed by atoms with Crippen LogP contribution in [0.25, 0.3) is 0 Å². The quantitative estimate of drug-likeness (QED) is 0.460. The molecule has 0 radical (unpaired) electrons. The number of carbonyl (C=O) groups is 1. The summed E-state index contributed by atoms with van der Waals surface area (Å²) < 4.78 is 39.7. The Labute approximate surface area is 174 Å². The number of nitrogens with zero attached hydrogens (tertiary/aromatic N) is 5. The number of halogens is 3. The predicted octanol–water partition coefficient (Wildman–Crippen LogP) is 3.93. The van der Waals surface area contributed by atoms with E-state index in [1.807, 2.05) is 6.92 Å². The number of aromatic nitrogens is 3. The van der Waals surface area contributed by atoms with Gasteiger partial charge in [-0.15, -0.1) is 4.91 Å². The van der Waals surface area contributed by atoms with E-state index in [0.29, 0.717) is 5.56 Å². The number of carbonyl (C=O) groups excluding carboxylic acids is 1. The fourth-order valence-corrected chi connectivity index (χ4v) is 3.24. The summed E-state index contributed by atoms with van der Waals surface area (Å²) in [7, 11) is 0. The van der Waals surface area contributed by atoms with Crippen molar-refractivity contribution in [2.24, 2.45) is 5.18 Å². The van der Waals surface area contributed by atoms with E-state index in [0.717, 1.165) is 17.8 Å². The average Bonchev–Trinajstić information content (AvgIpc) is 3.17. The van der Waals surface area contributed by atoms with E-state index in [1.54, 1.807) is 18.3 Å². The molecule has 7 nitrogen and oxygen atoms in total. The minimum atomic E-state index is -4.50. The summed E-state index contributed by atoms with van der Waals surface area (Å²) in [5.41, 5.74) is 1.16. The first kappa shape index (κ1) is 20.3. The highest BCUT2D eigenvalue weighted by Gasteiger charge is 2.36. The summed E-state index contributed by atoms with van der Waals surface area (Å²) in [4.78, 5) is 29.8. The third-order valence-corrected chi connectivity index (χ3v) is 4.74. The third kappa shape index (κ3) is 3.90. The van der Waals surface area contributed by atoms with Crippen LogP contribution in [0, 0.1) is 23.7 Å². The van der Waals surface area contributed by atoms with Crippen LogP contribution < -0.4 is 4.90 Å². The van der Waals surface area contributed by atoms with Crippen molar-refractivity contribution in [2.75, 3.05) is 11.4 Å². The molecule has 0 aliphatic carbocycles. The van der Waals surface area contributed by atoms with Crippen molar-refractivity contribution in [1.82, 2.24) is 14.8 Å². The maximum Gasteiger partial charge on any atom is 0.416 e. The summed E-state index contributed by atoms with van der Waals surface area (Å²) in [5.74, 6) is 5.26. The molecule has 1 amide bonds. The fraction of sp³-hybridized carbons (Fsp3) is 0.190. The highest BCUT2D eigenvalue weighted by Crippen LogP contribution is 2.33. The number of benzene rings is 1. The molecular formula is C21H14F3N5O2. The van der Waals surface area contributed by atoms with Crippen LogP contribution in [0.15, 0.2) is 54.0 Å². The molecule has 0 bridgehead atoms. The molecule has 156 valence electrons. The Morgan fingerprint density at radius 2 is 1.90 bits per heavy atom. The fourth-order valence-electron chi connectivity index (χ4n) is 3.24. The van der Waals surface area contributed by atoms with Crippen molar-refractivity contribution in [3.8, 4) is 11.8 Å². The van der Waals surface area contributed by atoms with Gasteiger partial charge in [0.15, 0.2) is 0 Å². The molecule has 0 unspecified atom stereocenters. The summed E-state index contributed by atoms with van der Waals surface area (Å²) in [6, 6.07) is 7.60. The molecule has 0 spiro atoms. The molecule has 0 N–H and O–H groups in total. The summed E-state index contributed by atoms with van der Waals surface area (Å²) in [5, 5.41) is 7.09. The minimum absolute atomic E-state index is 0.0500. The maximum atomic E-state index is 13.1. The van der Waals surface area contributed by atoms with Gasteiger partial charge in [-0.1, -0.05) is 11.8 Å². The zero-order valence-electron chi connectivity index (χ0n) is 16.1. The summed E-state index contributed by atoms with van der Waals surface area (Å²) >= 11 is 0. The van der Waals surface area contributed by atoms with Crippen LogP contribution in [0.4, 0.5) is 18.9 Å². The van der Waals surface area contributed by atoms with E-state index >= 15 is 0 Å². The van der Waals surface area contributed by atoms with Crippen LogP contribution in [-0.2, 0) is 6.18 Å². The van der Waals surface area contributed by atoms with Gasteiger partial charge in [-0.3, -0.25) is 9.78 Å². The lowest BCUT2D eigenvalue weighted by molar-refractivity contribution is -0.137.